The van der Waals surface area contributed by atoms with Gasteiger partial charge in [-0.25, -0.2) is 4.98 Å². The number of methoxy groups -OCH3 is 1. The van der Waals surface area contributed by atoms with Crippen molar-refractivity contribution in [1.82, 2.24) is 15.6 Å². The number of fused-ring (bicyclic) bond motifs is 2. The molecule has 44 heavy (non-hydrogen) atoms. The third kappa shape index (κ3) is 7.31. The van der Waals surface area contributed by atoms with Gasteiger partial charge >= 0.3 is 0 Å². The van der Waals surface area contributed by atoms with Gasteiger partial charge in [0.05, 0.1) is 16.7 Å². The number of benzene rings is 2. The number of halogens is 2. The Bertz CT molecular complexity index is 1440. The van der Waals surface area contributed by atoms with Crippen LogP contribution in [0, 0.1) is 0 Å². The predicted octanol–water partition coefficient (Wildman–Crippen LogP) is 6.41. The van der Waals surface area contributed by atoms with Crippen LogP contribution >= 0.6 is 23.2 Å². The number of pyridine rings is 1. The van der Waals surface area contributed by atoms with Crippen LogP contribution in [0.1, 0.15) is 68.3 Å². The lowest BCUT2D eigenvalue weighted by molar-refractivity contribution is -0.135. The van der Waals surface area contributed by atoms with Gasteiger partial charge in [-0.2, -0.15) is 0 Å². The lowest BCUT2D eigenvalue weighted by atomic mass is 9.94. The highest BCUT2D eigenvalue weighted by Crippen LogP contribution is 2.39. The van der Waals surface area contributed by atoms with Crippen LogP contribution in [0.4, 0.5) is 5.82 Å². The van der Waals surface area contributed by atoms with Crippen molar-refractivity contribution in [1.29, 1.82) is 0 Å². The number of aromatic nitrogens is 1. The van der Waals surface area contributed by atoms with E-state index < -0.39 is 5.60 Å². The van der Waals surface area contributed by atoms with E-state index in [4.69, 9.17) is 37.7 Å². The minimum atomic E-state index is -1.12. The van der Waals surface area contributed by atoms with Crippen molar-refractivity contribution in [2.24, 2.45) is 0 Å². The zero-order valence-corrected chi connectivity index (χ0v) is 27.1. The molecule has 8 nitrogen and oxygen atoms in total. The van der Waals surface area contributed by atoms with Gasteiger partial charge in [-0.05, 0) is 82.3 Å². The Morgan fingerprint density at radius 1 is 1.05 bits per heavy atom. The van der Waals surface area contributed by atoms with Crippen molar-refractivity contribution in [3.8, 4) is 5.75 Å². The van der Waals surface area contributed by atoms with Gasteiger partial charge in [0, 0.05) is 48.9 Å². The SMILES string of the molecule is CO[C@H](C)[C@@H](CNC(=O)c1ccc(N2C3CCC2CC(NC(=O)C(C)(C)Oc2ccc(Cl)cc2Cl)C3)nc1)c1ccccc1. The third-order valence-electron chi connectivity index (χ3n) is 8.80. The van der Waals surface area contributed by atoms with Gasteiger partial charge in [0.1, 0.15) is 11.6 Å². The second-order valence-corrected chi connectivity index (χ2v) is 13.0. The van der Waals surface area contributed by atoms with Crippen LogP contribution in [-0.4, -0.2) is 60.3 Å². The first-order valence-corrected chi connectivity index (χ1v) is 15.9. The highest BCUT2D eigenvalue weighted by Gasteiger charge is 2.43. The van der Waals surface area contributed by atoms with E-state index in [1.54, 1.807) is 45.4 Å². The maximum Gasteiger partial charge on any atom is 0.263 e. The summed E-state index contributed by atoms with van der Waals surface area (Å²) in [7, 11) is 1.68. The van der Waals surface area contributed by atoms with Crippen molar-refractivity contribution < 1.29 is 19.1 Å². The van der Waals surface area contributed by atoms with Crippen molar-refractivity contribution in [2.45, 2.75) is 82.2 Å². The van der Waals surface area contributed by atoms with E-state index in [0.717, 1.165) is 37.1 Å². The van der Waals surface area contributed by atoms with Gasteiger partial charge in [-0.3, -0.25) is 9.59 Å². The molecule has 2 aliphatic rings. The minimum absolute atomic E-state index is 0.0249. The molecule has 2 N–H and O–H groups in total. The van der Waals surface area contributed by atoms with E-state index in [1.807, 2.05) is 37.3 Å². The molecular formula is C34H40Cl2N4O4. The number of anilines is 1. The fourth-order valence-electron chi connectivity index (χ4n) is 6.30. The number of carbonyl (C=O) groups is 2. The van der Waals surface area contributed by atoms with Crippen LogP contribution in [0.15, 0.2) is 66.9 Å². The minimum Gasteiger partial charge on any atom is -0.476 e. The van der Waals surface area contributed by atoms with Crippen LogP contribution in [0.5, 0.6) is 5.75 Å². The van der Waals surface area contributed by atoms with Crippen molar-refractivity contribution in [2.75, 3.05) is 18.6 Å². The van der Waals surface area contributed by atoms with Crippen molar-refractivity contribution >= 4 is 40.8 Å². The molecular weight excluding hydrogens is 599 g/mol. The summed E-state index contributed by atoms with van der Waals surface area (Å²) in [5, 5.41) is 7.14. The van der Waals surface area contributed by atoms with Crippen LogP contribution in [0.2, 0.25) is 10.0 Å². The standard InChI is InChI=1S/C34H40Cl2N4O4/c1-21(43-4)28(22-8-6-5-7-9-22)20-38-32(41)23-10-15-31(37-19-23)40-26-12-13-27(40)18-25(17-26)39-33(42)34(2,3)44-30-14-11-24(35)16-29(30)36/h5-11,14-16,19,21,25-28H,12-13,17-18,20H2,1-4H3,(H,38,41)(H,39,42)/t21-,25?,26?,27?,28-/m1/s1. The van der Waals surface area contributed by atoms with Gasteiger partial charge in [-0.15, -0.1) is 0 Å². The van der Waals surface area contributed by atoms with Crippen LogP contribution < -0.4 is 20.3 Å². The fraction of sp³-hybridized carbons (Fsp3) is 0.441. The quantitative estimate of drug-likeness (QED) is 0.252. The lowest BCUT2D eigenvalue weighted by Gasteiger charge is -2.40. The molecule has 3 aromatic rings. The first-order valence-electron chi connectivity index (χ1n) is 15.1. The largest absolute Gasteiger partial charge is 0.476 e. The molecule has 0 spiro atoms. The number of ether oxygens (including phenoxy) is 2. The molecule has 4 atom stereocenters. The molecule has 0 aliphatic carbocycles. The van der Waals surface area contributed by atoms with Gasteiger partial charge in [0.15, 0.2) is 5.60 Å². The number of nitrogens with one attached hydrogen (secondary N) is 2. The summed E-state index contributed by atoms with van der Waals surface area (Å²) in [5.74, 6) is 0.943. The van der Waals surface area contributed by atoms with E-state index in [0.29, 0.717) is 27.9 Å². The number of piperidine rings is 1. The molecule has 3 heterocycles. The van der Waals surface area contributed by atoms with Gasteiger partial charge in [-0.1, -0.05) is 53.5 Å². The Morgan fingerprint density at radius 2 is 1.75 bits per heavy atom. The zero-order valence-electron chi connectivity index (χ0n) is 25.6. The van der Waals surface area contributed by atoms with Crippen LogP contribution in [0.25, 0.3) is 0 Å². The molecule has 2 saturated heterocycles. The van der Waals surface area contributed by atoms with E-state index in [2.05, 4.69) is 27.7 Å². The van der Waals surface area contributed by atoms with Crippen LogP contribution in [0.3, 0.4) is 0 Å². The molecule has 2 aromatic carbocycles. The normalized spacial score (nSPS) is 21.0. The predicted molar refractivity (Wildman–Crippen MR) is 174 cm³/mol. The highest BCUT2D eigenvalue weighted by molar-refractivity contribution is 6.35. The van der Waals surface area contributed by atoms with E-state index in [1.165, 1.54) is 0 Å². The number of hydrogen-bond donors (Lipinski definition) is 2. The Labute approximate surface area is 269 Å². The number of carbonyl (C=O) groups excluding carboxylic acids is 2. The summed E-state index contributed by atoms with van der Waals surface area (Å²) in [6.07, 6.45) is 5.27. The lowest BCUT2D eigenvalue weighted by Crippen LogP contribution is -2.55. The number of nitrogens with zero attached hydrogens (tertiary/aromatic N) is 2. The molecule has 2 unspecified atom stereocenters. The van der Waals surface area contributed by atoms with Gasteiger partial charge in [0.2, 0.25) is 0 Å². The Hall–Kier alpha value is -3.33. The van der Waals surface area contributed by atoms with E-state index >= 15 is 0 Å². The maximum atomic E-state index is 13.3. The first-order chi connectivity index (χ1) is 21.1. The molecule has 0 saturated carbocycles. The molecule has 234 valence electrons. The molecule has 2 aliphatic heterocycles. The summed E-state index contributed by atoms with van der Waals surface area (Å²) < 4.78 is 11.6. The monoisotopic (exact) mass is 638 g/mol. The van der Waals surface area contributed by atoms with E-state index in [-0.39, 0.29) is 42.0 Å². The summed E-state index contributed by atoms with van der Waals surface area (Å²) in [6, 6.07) is 19.3. The molecule has 1 aromatic heterocycles. The smallest absolute Gasteiger partial charge is 0.263 e. The fourth-order valence-corrected chi connectivity index (χ4v) is 6.75. The van der Waals surface area contributed by atoms with E-state index in [9.17, 15) is 9.59 Å². The number of amides is 2. The topological polar surface area (TPSA) is 92.8 Å². The highest BCUT2D eigenvalue weighted by atomic mass is 35.5. The summed E-state index contributed by atoms with van der Waals surface area (Å²) in [4.78, 5) is 33.3. The second kappa shape index (κ2) is 13.8. The average Bonchev–Trinajstić information content (AvgIpc) is 3.28. The summed E-state index contributed by atoms with van der Waals surface area (Å²) in [6.45, 7) is 5.93. The molecule has 2 amide bonds. The molecule has 10 heteroatoms. The Kier molecular flexibility index (Phi) is 10.0. The Balaban J connectivity index is 1.17. The van der Waals surface area contributed by atoms with Crippen molar-refractivity contribution in [3.05, 3.63) is 88.0 Å². The average molecular weight is 640 g/mol. The molecule has 2 bridgehead atoms. The number of hydrogen-bond acceptors (Lipinski definition) is 6. The Morgan fingerprint density at radius 3 is 2.36 bits per heavy atom. The van der Waals surface area contributed by atoms with Crippen molar-refractivity contribution in [3.63, 3.8) is 0 Å². The third-order valence-corrected chi connectivity index (χ3v) is 9.33. The van der Waals surface area contributed by atoms with Gasteiger partial charge < -0.3 is 25.0 Å². The molecule has 5 rings (SSSR count). The summed E-state index contributed by atoms with van der Waals surface area (Å²) in [5.41, 5.74) is 0.518. The molecule has 2 fully saturated rings. The van der Waals surface area contributed by atoms with Gasteiger partial charge in [0.25, 0.3) is 11.8 Å². The molecule has 0 radical (unpaired) electrons. The maximum absolute atomic E-state index is 13.3. The van der Waals surface area contributed by atoms with Crippen LogP contribution in [-0.2, 0) is 9.53 Å². The zero-order chi connectivity index (χ0) is 31.4. The number of rotatable bonds is 11. The first kappa shape index (κ1) is 32.1. The second-order valence-electron chi connectivity index (χ2n) is 12.2. The summed E-state index contributed by atoms with van der Waals surface area (Å²) >= 11 is 12.3.